The summed E-state index contributed by atoms with van der Waals surface area (Å²) < 4.78 is 185. The molecule has 0 bridgehead atoms. The van der Waals surface area contributed by atoms with E-state index in [-0.39, 0.29) is 0 Å². The zero-order valence-electron chi connectivity index (χ0n) is 9.75. The van der Waals surface area contributed by atoms with E-state index in [1.54, 1.807) is 0 Å². The fourth-order valence-corrected chi connectivity index (χ4v) is 0.988. The zero-order chi connectivity index (χ0) is 19.3. The molecule has 0 aromatic carbocycles. The van der Waals surface area contributed by atoms with E-state index >= 15 is 0 Å². The predicted octanol–water partition coefficient (Wildman–Crippen LogP) is 5.36. The highest BCUT2D eigenvalue weighted by atomic mass is 19.4. The topological polar surface area (TPSA) is 0 Å². The normalized spacial score (nSPS) is 16.2. The van der Waals surface area contributed by atoms with E-state index in [0.29, 0.717) is 0 Å². The molecule has 0 atom stereocenters. The molecule has 0 aliphatic heterocycles. The highest BCUT2D eigenvalue weighted by Gasteiger charge is 2.91. The van der Waals surface area contributed by atoms with Crippen molar-refractivity contribution >= 4 is 0 Å². The summed E-state index contributed by atoms with van der Waals surface area (Å²) in [6, 6.07) is 0. The molecule has 0 spiro atoms. The molecule has 0 aromatic rings. The van der Waals surface area contributed by atoms with Gasteiger partial charge < -0.3 is 0 Å². The minimum atomic E-state index is -8.14. The Balaban J connectivity index is 6.29. The average molecular weight is 382 g/mol. The second-order valence-electron chi connectivity index (χ2n) is 3.86. The first kappa shape index (κ1) is 21.9. The van der Waals surface area contributed by atoms with Crippen LogP contribution in [0.5, 0.6) is 0 Å². The number of hydrogen-bond donors (Lipinski definition) is 0. The average Bonchev–Trinajstić information content (AvgIpc) is 2.37. The molecular weight excluding hydrogens is 381 g/mol. The molecule has 138 valence electrons. The lowest BCUT2D eigenvalue weighted by molar-refractivity contribution is -0.424. The van der Waals surface area contributed by atoms with E-state index in [4.69, 9.17) is 0 Å². The Hall–Kier alpha value is -1.05. The SMILES string of the molecule is F[CH]C(F)(F)C(F)(F)C(F)(F)C(F)(F)C(F)(F)C(F)(F)[C](F)F. The Morgan fingerprint density at radius 3 is 1.09 bits per heavy atom. The Labute approximate surface area is 116 Å². The summed E-state index contributed by atoms with van der Waals surface area (Å²) in [5, 5.41) is 0. The summed E-state index contributed by atoms with van der Waals surface area (Å²) in [4.78, 5) is 0. The fraction of sp³-hybridized carbons (Fsp3) is 0.750. The third-order valence-electron chi connectivity index (χ3n) is 2.37. The summed E-state index contributed by atoms with van der Waals surface area (Å²) >= 11 is 0. The molecule has 0 heterocycles. The number of hydrogen-bond acceptors (Lipinski definition) is 0. The third kappa shape index (κ3) is 2.68. The first-order valence-electron chi connectivity index (χ1n) is 4.65. The monoisotopic (exact) mass is 382 g/mol. The Kier molecular flexibility index (Phi) is 5.25. The van der Waals surface area contributed by atoms with Crippen molar-refractivity contribution in [3.05, 3.63) is 13.1 Å². The van der Waals surface area contributed by atoms with Gasteiger partial charge in [0.2, 0.25) is 6.67 Å². The molecule has 0 aliphatic carbocycles. The molecule has 15 heteroatoms. The van der Waals surface area contributed by atoms with Crippen LogP contribution in [0.25, 0.3) is 0 Å². The smallest absolute Gasteiger partial charge is 0.237 e. The number of alkyl halides is 12. The Morgan fingerprint density at radius 2 is 0.826 bits per heavy atom. The molecule has 0 N–H and O–H groups in total. The summed E-state index contributed by atoms with van der Waals surface area (Å²) in [6.45, 7) is -2.59. The van der Waals surface area contributed by atoms with E-state index in [1.807, 2.05) is 0 Å². The van der Waals surface area contributed by atoms with Crippen LogP contribution < -0.4 is 0 Å². The third-order valence-corrected chi connectivity index (χ3v) is 2.37. The molecule has 2 radical (unpaired) electrons. The molecule has 23 heavy (non-hydrogen) atoms. The highest BCUT2D eigenvalue weighted by Crippen LogP contribution is 2.61. The second-order valence-corrected chi connectivity index (χ2v) is 3.86. The van der Waals surface area contributed by atoms with Gasteiger partial charge in [-0.2, -0.15) is 61.5 Å². The molecule has 0 nitrogen and oxygen atoms in total. The lowest BCUT2D eigenvalue weighted by Crippen LogP contribution is -2.70. The Morgan fingerprint density at radius 1 is 0.522 bits per heavy atom. The molecule has 0 saturated carbocycles. The first-order valence-corrected chi connectivity index (χ1v) is 4.65. The lowest BCUT2D eigenvalue weighted by atomic mass is 9.92. The van der Waals surface area contributed by atoms with Gasteiger partial charge in [0.25, 0.3) is 0 Å². The van der Waals surface area contributed by atoms with E-state index < -0.39 is 48.6 Å². The van der Waals surface area contributed by atoms with Gasteiger partial charge in [0.05, 0.1) is 0 Å². The second kappa shape index (κ2) is 5.50. The predicted molar refractivity (Wildman–Crippen MR) is 40.5 cm³/mol. The van der Waals surface area contributed by atoms with Gasteiger partial charge in [0.1, 0.15) is 0 Å². The van der Waals surface area contributed by atoms with Gasteiger partial charge in [-0.1, -0.05) is 0 Å². The molecule has 0 aromatic heterocycles. The van der Waals surface area contributed by atoms with Crippen LogP contribution in [-0.2, 0) is 0 Å². The molecule has 0 aliphatic rings. The van der Waals surface area contributed by atoms with Crippen LogP contribution >= 0.6 is 0 Å². The van der Waals surface area contributed by atoms with Crippen molar-refractivity contribution in [2.24, 2.45) is 0 Å². The van der Waals surface area contributed by atoms with E-state index in [1.165, 1.54) is 0 Å². The largest absolute Gasteiger partial charge is 0.385 e. The van der Waals surface area contributed by atoms with Crippen molar-refractivity contribution in [2.75, 3.05) is 0 Å². The van der Waals surface area contributed by atoms with Gasteiger partial charge >= 0.3 is 42.0 Å². The molecule has 0 amide bonds. The van der Waals surface area contributed by atoms with E-state index in [2.05, 4.69) is 0 Å². The van der Waals surface area contributed by atoms with Crippen LogP contribution in [0, 0.1) is 13.1 Å². The standard InChI is InChI=1S/C8HF15/c9-1-3(12,13)5(16,17)7(20,21)8(22,23)6(18,19)4(14,15)2(10)11/h1H. The van der Waals surface area contributed by atoms with Crippen LogP contribution in [0.4, 0.5) is 65.9 Å². The minimum absolute atomic E-state index is 2.59. The maximum atomic E-state index is 12.7. The maximum absolute atomic E-state index is 12.7. The molecular formula is C8HF15. The minimum Gasteiger partial charge on any atom is -0.237 e. The molecule has 0 unspecified atom stereocenters. The van der Waals surface area contributed by atoms with Crippen molar-refractivity contribution in [1.29, 1.82) is 0 Å². The van der Waals surface area contributed by atoms with Crippen molar-refractivity contribution in [1.82, 2.24) is 0 Å². The van der Waals surface area contributed by atoms with Crippen molar-refractivity contribution in [3.63, 3.8) is 0 Å². The van der Waals surface area contributed by atoms with Crippen molar-refractivity contribution < 1.29 is 65.9 Å². The number of halogens is 15. The van der Waals surface area contributed by atoms with Gasteiger partial charge in [-0.15, -0.1) is 0 Å². The van der Waals surface area contributed by atoms with Crippen LogP contribution in [0.2, 0.25) is 0 Å². The van der Waals surface area contributed by atoms with Gasteiger partial charge in [0.15, 0.2) is 0 Å². The molecule has 0 fully saturated rings. The first-order chi connectivity index (χ1) is 9.75. The lowest BCUT2D eigenvalue weighted by Gasteiger charge is -2.40. The summed E-state index contributed by atoms with van der Waals surface area (Å²) in [5.74, 6) is -46.0. The van der Waals surface area contributed by atoms with Crippen LogP contribution in [0.3, 0.4) is 0 Å². The Bertz CT molecular complexity index is 421. The van der Waals surface area contributed by atoms with Crippen LogP contribution in [0.1, 0.15) is 0 Å². The maximum Gasteiger partial charge on any atom is 0.385 e. The van der Waals surface area contributed by atoms with Gasteiger partial charge in [0, 0.05) is 0 Å². The summed E-state index contributed by atoms with van der Waals surface area (Å²) in [7, 11) is 0. The van der Waals surface area contributed by atoms with Crippen LogP contribution in [0.15, 0.2) is 0 Å². The quantitative estimate of drug-likeness (QED) is 0.521. The van der Waals surface area contributed by atoms with Gasteiger partial charge in [-0.05, 0) is 0 Å². The fourth-order valence-electron chi connectivity index (χ4n) is 0.988. The molecule has 0 rings (SSSR count). The summed E-state index contributed by atoms with van der Waals surface area (Å²) in [6.07, 6.45) is -4.88. The number of rotatable bonds is 7. The van der Waals surface area contributed by atoms with E-state index in [0.717, 1.165) is 0 Å². The van der Waals surface area contributed by atoms with Gasteiger partial charge in [-0.25, -0.2) is 4.39 Å². The zero-order valence-corrected chi connectivity index (χ0v) is 9.75. The highest BCUT2D eigenvalue weighted by molar-refractivity contribution is 5.15. The summed E-state index contributed by atoms with van der Waals surface area (Å²) in [5.41, 5.74) is 0. The van der Waals surface area contributed by atoms with Crippen molar-refractivity contribution in [3.8, 4) is 0 Å². The molecule has 0 saturated heterocycles. The van der Waals surface area contributed by atoms with Crippen LogP contribution in [-0.4, -0.2) is 35.5 Å². The van der Waals surface area contributed by atoms with Gasteiger partial charge in [-0.3, -0.25) is 0 Å². The van der Waals surface area contributed by atoms with Crippen molar-refractivity contribution in [2.45, 2.75) is 35.5 Å². The van der Waals surface area contributed by atoms with E-state index in [9.17, 15) is 65.9 Å².